The predicted molar refractivity (Wildman–Crippen MR) is 91.5 cm³/mol. The molecule has 0 aromatic heterocycles. The molecule has 1 aromatic rings. The molecule has 0 bridgehead atoms. The largest absolute Gasteiger partial charge is 0.353 e. The van der Waals surface area contributed by atoms with Gasteiger partial charge in [0.15, 0.2) is 0 Å². The zero-order chi connectivity index (χ0) is 16.0. The molecule has 2 amide bonds. The SMILES string of the molecule is CC(C)(C)[C@H](N)C(=O)NCCNC(=O)c1ccccc1Cl.Cl. The van der Waals surface area contributed by atoms with Gasteiger partial charge in [-0.05, 0) is 17.5 Å². The van der Waals surface area contributed by atoms with Crippen LogP contribution in [-0.2, 0) is 4.79 Å². The number of halogens is 2. The first kappa shape index (κ1) is 20.7. The summed E-state index contributed by atoms with van der Waals surface area (Å²) in [5.74, 6) is -0.496. The zero-order valence-corrected chi connectivity index (χ0v) is 14.6. The van der Waals surface area contributed by atoms with Crippen molar-refractivity contribution < 1.29 is 9.59 Å². The van der Waals surface area contributed by atoms with Crippen LogP contribution in [0.5, 0.6) is 0 Å². The molecule has 1 rings (SSSR count). The van der Waals surface area contributed by atoms with E-state index in [1.54, 1.807) is 24.3 Å². The molecule has 7 heteroatoms. The molecule has 0 saturated heterocycles. The lowest BCUT2D eigenvalue weighted by atomic mass is 9.87. The lowest BCUT2D eigenvalue weighted by molar-refractivity contribution is -0.124. The molecule has 0 radical (unpaired) electrons. The van der Waals surface area contributed by atoms with Gasteiger partial charge < -0.3 is 16.4 Å². The second-order valence-electron chi connectivity index (χ2n) is 5.87. The topological polar surface area (TPSA) is 84.2 Å². The van der Waals surface area contributed by atoms with E-state index in [2.05, 4.69) is 10.6 Å². The van der Waals surface area contributed by atoms with Crippen molar-refractivity contribution in [1.82, 2.24) is 10.6 Å². The minimum absolute atomic E-state index is 0. The highest BCUT2D eigenvalue weighted by atomic mass is 35.5. The van der Waals surface area contributed by atoms with Crippen molar-refractivity contribution in [1.29, 1.82) is 0 Å². The second kappa shape index (κ2) is 8.98. The summed E-state index contributed by atoms with van der Waals surface area (Å²) < 4.78 is 0. The molecule has 0 heterocycles. The summed E-state index contributed by atoms with van der Waals surface area (Å²) in [6.07, 6.45) is 0. The van der Waals surface area contributed by atoms with Gasteiger partial charge in [-0.3, -0.25) is 9.59 Å². The van der Waals surface area contributed by atoms with Crippen LogP contribution in [0.3, 0.4) is 0 Å². The number of benzene rings is 1. The van der Waals surface area contributed by atoms with E-state index in [0.717, 1.165) is 0 Å². The Bertz CT molecular complexity index is 516. The molecule has 124 valence electrons. The van der Waals surface area contributed by atoms with E-state index < -0.39 is 6.04 Å². The molecular weight excluding hydrogens is 325 g/mol. The Balaban J connectivity index is 0.00000441. The summed E-state index contributed by atoms with van der Waals surface area (Å²) in [5, 5.41) is 5.79. The van der Waals surface area contributed by atoms with E-state index >= 15 is 0 Å². The Kier molecular flexibility index (Phi) is 8.45. The summed E-state index contributed by atoms with van der Waals surface area (Å²) >= 11 is 5.93. The second-order valence-corrected chi connectivity index (χ2v) is 6.28. The third-order valence-electron chi connectivity index (χ3n) is 3.04. The fourth-order valence-electron chi connectivity index (χ4n) is 1.61. The maximum absolute atomic E-state index is 11.9. The minimum atomic E-state index is -0.586. The first-order valence-electron chi connectivity index (χ1n) is 6.79. The first-order chi connectivity index (χ1) is 9.73. The number of hydrogen-bond acceptors (Lipinski definition) is 3. The molecule has 0 fully saturated rings. The van der Waals surface area contributed by atoms with Gasteiger partial charge in [-0.25, -0.2) is 0 Å². The van der Waals surface area contributed by atoms with Gasteiger partial charge in [-0.2, -0.15) is 0 Å². The fraction of sp³-hybridized carbons (Fsp3) is 0.467. The highest BCUT2D eigenvalue weighted by molar-refractivity contribution is 6.33. The molecule has 0 aliphatic rings. The van der Waals surface area contributed by atoms with E-state index in [4.69, 9.17) is 17.3 Å². The quantitative estimate of drug-likeness (QED) is 0.712. The van der Waals surface area contributed by atoms with Crippen molar-refractivity contribution in [2.75, 3.05) is 13.1 Å². The van der Waals surface area contributed by atoms with Crippen molar-refractivity contribution >= 4 is 35.8 Å². The summed E-state index contributed by atoms with van der Waals surface area (Å²) in [6, 6.07) is 6.21. The van der Waals surface area contributed by atoms with Gasteiger partial charge in [0.05, 0.1) is 16.6 Å². The molecule has 1 aromatic carbocycles. The fourth-order valence-corrected chi connectivity index (χ4v) is 1.83. The Morgan fingerprint density at radius 3 is 2.27 bits per heavy atom. The van der Waals surface area contributed by atoms with Gasteiger partial charge in [0.25, 0.3) is 5.91 Å². The molecule has 0 aliphatic carbocycles. The molecule has 0 spiro atoms. The maximum atomic E-state index is 11.9. The Labute approximate surface area is 142 Å². The minimum Gasteiger partial charge on any atom is -0.353 e. The lowest BCUT2D eigenvalue weighted by Gasteiger charge is -2.25. The van der Waals surface area contributed by atoms with Crippen molar-refractivity contribution in [3.05, 3.63) is 34.9 Å². The summed E-state index contributed by atoms with van der Waals surface area (Å²) in [7, 11) is 0. The summed E-state index contributed by atoms with van der Waals surface area (Å²) in [6.45, 7) is 6.33. The normalized spacial score (nSPS) is 12.0. The smallest absolute Gasteiger partial charge is 0.252 e. The maximum Gasteiger partial charge on any atom is 0.252 e. The van der Waals surface area contributed by atoms with Crippen LogP contribution in [0.15, 0.2) is 24.3 Å². The molecule has 0 saturated carbocycles. The highest BCUT2D eigenvalue weighted by Crippen LogP contribution is 2.17. The Hall–Kier alpha value is -1.30. The van der Waals surface area contributed by atoms with Crippen LogP contribution in [-0.4, -0.2) is 30.9 Å². The molecule has 4 N–H and O–H groups in total. The van der Waals surface area contributed by atoms with Crippen LogP contribution < -0.4 is 16.4 Å². The van der Waals surface area contributed by atoms with E-state index in [1.807, 2.05) is 20.8 Å². The average Bonchev–Trinajstić information content (AvgIpc) is 2.41. The third kappa shape index (κ3) is 6.22. The molecule has 22 heavy (non-hydrogen) atoms. The molecule has 0 unspecified atom stereocenters. The van der Waals surface area contributed by atoms with E-state index in [1.165, 1.54) is 0 Å². The standard InChI is InChI=1S/C15H22ClN3O2.ClH/c1-15(2,3)12(17)14(21)19-9-8-18-13(20)10-6-4-5-7-11(10)16;/h4-7,12H,8-9,17H2,1-3H3,(H,18,20)(H,19,21);1H/t12-;/m1./s1. The van der Waals surface area contributed by atoms with E-state index in [9.17, 15) is 9.59 Å². The number of nitrogens with two attached hydrogens (primary N) is 1. The van der Waals surface area contributed by atoms with E-state index in [0.29, 0.717) is 23.7 Å². The number of carbonyl (C=O) groups is 2. The number of hydrogen-bond donors (Lipinski definition) is 3. The van der Waals surface area contributed by atoms with Crippen molar-refractivity contribution in [2.24, 2.45) is 11.1 Å². The first-order valence-corrected chi connectivity index (χ1v) is 7.17. The van der Waals surface area contributed by atoms with Crippen molar-refractivity contribution in [3.8, 4) is 0 Å². The van der Waals surface area contributed by atoms with Gasteiger partial charge in [0, 0.05) is 13.1 Å². The lowest BCUT2D eigenvalue weighted by Crippen LogP contribution is -2.49. The van der Waals surface area contributed by atoms with Crippen molar-refractivity contribution in [3.63, 3.8) is 0 Å². The van der Waals surface area contributed by atoms with Crippen molar-refractivity contribution in [2.45, 2.75) is 26.8 Å². The van der Waals surface area contributed by atoms with Crippen LogP contribution in [0, 0.1) is 5.41 Å². The average molecular weight is 348 g/mol. The third-order valence-corrected chi connectivity index (χ3v) is 3.37. The Morgan fingerprint density at radius 1 is 1.18 bits per heavy atom. The van der Waals surface area contributed by atoms with E-state index in [-0.39, 0.29) is 29.6 Å². The van der Waals surface area contributed by atoms with Gasteiger partial charge in [-0.1, -0.05) is 44.5 Å². The number of amides is 2. The van der Waals surface area contributed by atoms with Crippen LogP contribution >= 0.6 is 24.0 Å². The van der Waals surface area contributed by atoms with Crippen LogP contribution in [0.4, 0.5) is 0 Å². The molecule has 1 atom stereocenters. The number of nitrogens with one attached hydrogen (secondary N) is 2. The molecular formula is C15H23Cl2N3O2. The van der Waals surface area contributed by atoms with Gasteiger partial charge in [0.1, 0.15) is 0 Å². The molecule has 0 aliphatic heterocycles. The Morgan fingerprint density at radius 2 is 1.73 bits per heavy atom. The van der Waals surface area contributed by atoms with Gasteiger partial charge in [0.2, 0.25) is 5.91 Å². The van der Waals surface area contributed by atoms with Gasteiger partial charge in [-0.15, -0.1) is 12.4 Å². The van der Waals surface area contributed by atoms with Crippen LogP contribution in [0.1, 0.15) is 31.1 Å². The van der Waals surface area contributed by atoms with Crippen LogP contribution in [0.2, 0.25) is 5.02 Å². The monoisotopic (exact) mass is 347 g/mol. The summed E-state index contributed by atoms with van der Waals surface area (Å²) in [5.41, 5.74) is 5.94. The number of rotatable bonds is 5. The predicted octanol–water partition coefficient (Wildman–Crippen LogP) is 1.98. The highest BCUT2D eigenvalue weighted by Gasteiger charge is 2.26. The zero-order valence-electron chi connectivity index (χ0n) is 13.0. The van der Waals surface area contributed by atoms with Crippen LogP contribution in [0.25, 0.3) is 0 Å². The van der Waals surface area contributed by atoms with Gasteiger partial charge >= 0.3 is 0 Å². The summed E-state index contributed by atoms with van der Waals surface area (Å²) in [4.78, 5) is 23.7. The number of carbonyl (C=O) groups excluding carboxylic acids is 2. The molecule has 5 nitrogen and oxygen atoms in total.